The van der Waals surface area contributed by atoms with Crippen molar-refractivity contribution in [3.05, 3.63) is 17.7 Å². The molecule has 0 saturated heterocycles. The maximum atomic E-state index is 13.1. The predicted octanol–water partition coefficient (Wildman–Crippen LogP) is 1.08. The van der Waals surface area contributed by atoms with Crippen molar-refractivity contribution in [3.8, 4) is 5.75 Å². The zero-order chi connectivity index (χ0) is 13.4. The third-order valence-corrected chi connectivity index (χ3v) is 2.47. The van der Waals surface area contributed by atoms with Gasteiger partial charge < -0.3 is 4.74 Å². The highest BCUT2D eigenvalue weighted by atomic mass is 32.2. The van der Waals surface area contributed by atoms with E-state index < -0.39 is 33.0 Å². The highest BCUT2D eigenvalue weighted by molar-refractivity contribution is 7.89. The number of hydrogen-bond donors (Lipinski definition) is 1. The Hall–Kier alpha value is -1.42. The Kier molecular flexibility index (Phi) is 3.30. The number of ether oxygens (including phenoxy) is 1. The number of alkyl halides is 3. The van der Waals surface area contributed by atoms with Gasteiger partial charge in [0, 0.05) is 5.69 Å². The van der Waals surface area contributed by atoms with Crippen LogP contribution in [0.5, 0.6) is 5.75 Å². The summed E-state index contributed by atoms with van der Waals surface area (Å²) in [5, 5.41) is 4.64. The zero-order valence-corrected chi connectivity index (χ0v) is 9.06. The van der Waals surface area contributed by atoms with Gasteiger partial charge in [0.2, 0.25) is 15.8 Å². The molecule has 0 saturated carbocycles. The minimum Gasteiger partial charge on any atom is -0.399 e. The normalized spacial score (nSPS) is 12.6. The SMILES string of the molecule is Cc1cc(S(N)(=O)=O)c(OC(F)(F)F)c(F)n1. The molecule has 0 aliphatic carbocycles. The topological polar surface area (TPSA) is 82.3 Å². The lowest BCUT2D eigenvalue weighted by molar-refractivity contribution is -0.276. The molecule has 0 bridgehead atoms. The first-order chi connectivity index (χ1) is 7.50. The fourth-order valence-corrected chi connectivity index (χ4v) is 1.73. The molecule has 5 nitrogen and oxygen atoms in total. The lowest BCUT2D eigenvalue weighted by Gasteiger charge is -2.12. The molecule has 2 N–H and O–H groups in total. The first-order valence-corrected chi connectivity index (χ1v) is 5.51. The molecule has 0 spiro atoms. The molecule has 0 atom stereocenters. The van der Waals surface area contributed by atoms with E-state index in [0.717, 1.165) is 0 Å². The summed E-state index contributed by atoms with van der Waals surface area (Å²) in [5.41, 5.74) is -0.152. The van der Waals surface area contributed by atoms with Crippen molar-refractivity contribution in [3.63, 3.8) is 0 Å². The van der Waals surface area contributed by atoms with Crippen molar-refractivity contribution in [1.82, 2.24) is 4.98 Å². The molecule has 0 radical (unpaired) electrons. The summed E-state index contributed by atoms with van der Waals surface area (Å²) >= 11 is 0. The molecule has 17 heavy (non-hydrogen) atoms. The summed E-state index contributed by atoms with van der Waals surface area (Å²) in [6.07, 6.45) is -5.25. The van der Waals surface area contributed by atoms with Crippen LogP contribution in [0.1, 0.15) is 5.69 Å². The number of halogens is 4. The molecule has 1 aromatic rings. The second-order valence-electron chi connectivity index (χ2n) is 2.97. The molecule has 1 aromatic heterocycles. The number of aryl methyl sites for hydroxylation is 1. The minimum absolute atomic E-state index is 0.152. The first-order valence-electron chi connectivity index (χ1n) is 3.96. The van der Waals surface area contributed by atoms with E-state index in [1.165, 1.54) is 6.92 Å². The van der Waals surface area contributed by atoms with E-state index >= 15 is 0 Å². The number of nitrogens with zero attached hydrogens (tertiary/aromatic N) is 1. The monoisotopic (exact) mass is 274 g/mol. The van der Waals surface area contributed by atoms with Crippen LogP contribution in [-0.2, 0) is 10.0 Å². The van der Waals surface area contributed by atoms with Crippen LogP contribution in [0.4, 0.5) is 17.6 Å². The number of pyridine rings is 1. The van der Waals surface area contributed by atoms with E-state index in [2.05, 4.69) is 14.9 Å². The summed E-state index contributed by atoms with van der Waals surface area (Å²) in [7, 11) is -4.56. The summed E-state index contributed by atoms with van der Waals surface area (Å²) in [5.74, 6) is -3.27. The van der Waals surface area contributed by atoms with Gasteiger partial charge in [0.25, 0.3) is 5.95 Å². The van der Waals surface area contributed by atoms with E-state index in [0.29, 0.717) is 6.07 Å². The highest BCUT2D eigenvalue weighted by Crippen LogP contribution is 2.31. The van der Waals surface area contributed by atoms with Gasteiger partial charge in [0.1, 0.15) is 4.90 Å². The van der Waals surface area contributed by atoms with Crippen LogP contribution in [0.15, 0.2) is 11.0 Å². The molecule has 0 unspecified atom stereocenters. The van der Waals surface area contributed by atoms with Gasteiger partial charge in [-0.1, -0.05) is 0 Å². The van der Waals surface area contributed by atoms with Crippen molar-refractivity contribution in [2.45, 2.75) is 18.2 Å². The third kappa shape index (κ3) is 3.53. The average Bonchev–Trinajstić information content (AvgIpc) is 2.05. The highest BCUT2D eigenvalue weighted by Gasteiger charge is 2.36. The second kappa shape index (κ2) is 4.11. The third-order valence-electron chi connectivity index (χ3n) is 1.55. The molecule has 0 aliphatic rings. The molecule has 0 amide bonds. The van der Waals surface area contributed by atoms with Gasteiger partial charge in [0.15, 0.2) is 0 Å². The number of nitrogens with two attached hydrogens (primary N) is 1. The zero-order valence-electron chi connectivity index (χ0n) is 8.25. The van der Waals surface area contributed by atoms with Crippen LogP contribution in [0.25, 0.3) is 0 Å². The maximum absolute atomic E-state index is 13.1. The quantitative estimate of drug-likeness (QED) is 0.646. The Morgan fingerprint density at radius 1 is 1.41 bits per heavy atom. The van der Waals surface area contributed by atoms with E-state index in [-0.39, 0.29) is 5.69 Å². The first kappa shape index (κ1) is 13.6. The molecule has 96 valence electrons. The van der Waals surface area contributed by atoms with Gasteiger partial charge in [-0.25, -0.2) is 18.5 Å². The summed E-state index contributed by atoms with van der Waals surface area (Å²) < 4.78 is 74.1. The van der Waals surface area contributed by atoms with Gasteiger partial charge in [-0.3, -0.25) is 0 Å². The standard InChI is InChI=1S/C7H6F4N2O3S/c1-3-2-4(17(12,14)15)5(6(8)13-3)16-7(9,10)11/h2H,1H3,(H2,12,14,15). The largest absolute Gasteiger partial charge is 0.573 e. The van der Waals surface area contributed by atoms with Crippen LogP contribution in [-0.4, -0.2) is 19.8 Å². The molecule has 0 aromatic carbocycles. The van der Waals surface area contributed by atoms with Crippen LogP contribution in [0.3, 0.4) is 0 Å². The summed E-state index contributed by atoms with van der Waals surface area (Å²) in [6.45, 7) is 1.19. The summed E-state index contributed by atoms with van der Waals surface area (Å²) in [4.78, 5) is 1.91. The molecule has 0 aliphatic heterocycles. The Balaban J connectivity index is 3.47. The molecular formula is C7H6F4N2O3S. The van der Waals surface area contributed by atoms with E-state index in [1.54, 1.807) is 0 Å². The Labute approximate surface area is 93.3 Å². The fraction of sp³-hybridized carbons (Fsp3) is 0.286. The predicted molar refractivity (Wildman–Crippen MR) is 47.0 cm³/mol. The van der Waals surface area contributed by atoms with Gasteiger partial charge in [0.05, 0.1) is 0 Å². The maximum Gasteiger partial charge on any atom is 0.573 e. The van der Waals surface area contributed by atoms with Gasteiger partial charge >= 0.3 is 6.36 Å². The molecule has 10 heteroatoms. The lowest BCUT2D eigenvalue weighted by atomic mass is 10.3. The van der Waals surface area contributed by atoms with E-state index in [1.807, 2.05) is 0 Å². The Morgan fingerprint density at radius 3 is 2.35 bits per heavy atom. The number of primary sulfonamides is 1. The van der Waals surface area contributed by atoms with E-state index in [9.17, 15) is 26.0 Å². The van der Waals surface area contributed by atoms with Crippen molar-refractivity contribution in [2.75, 3.05) is 0 Å². The minimum atomic E-state index is -5.25. The lowest BCUT2D eigenvalue weighted by Crippen LogP contribution is -2.22. The Bertz CT molecular complexity index is 541. The van der Waals surface area contributed by atoms with Crippen molar-refractivity contribution in [1.29, 1.82) is 0 Å². The average molecular weight is 274 g/mol. The Morgan fingerprint density at radius 2 is 1.94 bits per heavy atom. The molecule has 0 fully saturated rings. The van der Waals surface area contributed by atoms with Gasteiger partial charge in [-0.2, -0.15) is 4.39 Å². The van der Waals surface area contributed by atoms with Crippen LogP contribution < -0.4 is 9.88 Å². The molecular weight excluding hydrogens is 268 g/mol. The molecule has 1 rings (SSSR count). The fourth-order valence-electron chi connectivity index (χ4n) is 1.01. The molecule has 1 heterocycles. The van der Waals surface area contributed by atoms with Crippen molar-refractivity contribution < 1.29 is 30.7 Å². The second-order valence-corrected chi connectivity index (χ2v) is 4.50. The van der Waals surface area contributed by atoms with Gasteiger partial charge in [-0.15, -0.1) is 13.2 Å². The van der Waals surface area contributed by atoms with E-state index in [4.69, 9.17) is 0 Å². The van der Waals surface area contributed by atoms with Gasteiger partial charge in [-0.05, 0) is 13.0 Å². The smallest absolute Gasteiger partial charge is 0.399 e. The van der Waals surface area contributed by atoms with Crippen LogP contribution in [0.2, 0.25) is 0 Å². The summed E-state index contributed by atoms with van der Waals surface area (Å²) in [6, 6.07) is 0.680. The number of aromatic nitrogens is 1. The van der Waals surface area contributed by atoms with Crippen molar-refractivity contribution >= 4 is 10.0 Å². The van der Waals surface area contributed by atoms with Crippen LogP contribution in [0, 0.1) is 12.9 Å². The number of rotatable bonds is 2. The van der Waals surface area contributed by atoms with Crippen molar-refractivity contribution in [2.24, 2.45) is 5.14 Å². The number of sulfonamides is 1. The van der Waals surface area contributed by atoms with Crippen LogP contribution >= 0.6 is 0 Å². The number of hydrogen-bond acceptors (Lipinski definition) is 4.